The maximum absolute atomic E-state index is 14.7. The molecule has 1 fully saturated rings. The molecule has 1 saturated heterocycles. The van der Waals surface area contributed by atoms with Crippen LogP contribution in [0.1, 0.15) is 11.1 Å². The van der Waals surface area contributed by atoms with Crippen LogP contribution in [0.5, 0.6) is 0 Å². The monoisotopic (exact) mass is 333 g/mol. The molecule has 3 rings (SSSR count). The largest absolute Gasteiger partial charge is 0.445 e. The summed E-state index contributed by atoms with van der Waals surface area (Å²) in [5.41, 5.74) is 0.607. The number of rotatable bonds is 6. The van der Waals surface area contributed by atoms with Crippen LogP contribution in [0.25, 0.3) is 0 Å². The quantitative estimate of drug-likeness (QED) is 0.824. The number of alkyl halides is 2. The van der Waals surface area contributed by atoms with Gasteiger partial charge >= 0.3 is 6.09 Å². The summed E-state index contributed by atoms with van der Waals surface area (Å²) in [7, 11) is 0. The SMILES string of the molecule is O=C(N[C@H]([C@H]1CO1)C(F)(F)c1ccccc1)OCc1ccccc1. The van der Waals surface area contributed by atoms with Gasteiger partial charge in [-0.25, -0.2) is 4.79 Å². The van der Waals surface area contributed by atoms with Crippen LogP contribution < -0.4 is 5.32 Å². The first-order valence-electron chi connectivity index (χ1n) is 7.59. The summed E-state index contributed by atoms with van der Waals surface area (Å²) in [6, 6.07) is 14.9. The van der Waals surface area contributed by atoms with E-state index in [9.17, 15) is 13.6 Å². The Kier molecular flexibility index (Phi) is 4.76. The first kappa shape index (κ1) is 16.4. The van der Waals surface area contributed by atoms with Gasteiger partial charge in [0.25, 0.3) is 5.92 Å². The molecular weight excluding hydrogens is 316 g/mol. The second kappa shape index (κ2) is 6.97. The van der Waals surface area contributed by atoms with Crippen molar-refractivity contribution in [3.8, 4) is 0 Å². The number of hydrogen-bond donors (Lipinski definition) is 1. The molecule has 1 amide bonds. The molecule has 1 aliphatic heterocycles. The Morgan fingerprint density at radius 3 is 2.33 bits per heavy atom. The van der Waals surface area contributed by atoms with Gasteiger partial charge in [-0.3, -0.25) is 0 Å². The van der Waals surface area contributed by atoms with Gasteiger partial charge in [-0.2, -0.15) is 8.78 Å². The number of ether oxygens (including phenoxy) is 2. The third-order valence-electron chi connectivity index (χ3n) is 3.77. The highest BCUT2D eigenvalue weighted by atomic mass is 19.3. The number of amides is 1. The summed E-state index contributed by atoms with van der Waals surface area (Å²) < 4.78 is 39.4. The minimum Gasteiger partial charge on any atom is -0.445 e. The number of nitrogens with one attached hydrogen (secondary N) is 1. The van der Waals surface area contributed by atoms with Crippen molar-refractivity contribution in [2.45, 2.75) is 24.7 Å². The lowest BCUT2D eigenvalue weighted by Crippen LogP contribution is -2.49. The molecule has 0 aliphatic carbocycles. The van der Waals surface area contributed by atoms with E-state index >= 15 is 0 Å². The maximum atomic E-state index is 14.7. The van der Waals surface area contributed by atoms with E-state index in [-0.39, 0.29) is 18.8 Å². The highest BCUT2D eigenvalue weighted by Gasteiger charge is 2.51. The van der Waals surface area contributed by atoms with Gasteiger partial charge in [0.2, 0.25) is 0 Å². The van der Waals surface area contributed by atoms with Gasteiger partial charge in [0.15, 0.2) is 0 Å². The summed E-state index contributed by atoms with van der Waals surface area (Å²) in [5, 5.41) is 2.25. The van der Waals surface area contributed by atoms with Crippen molar-refractivity contribution in [2.75, 3.05) is 6.61 Å². The van der Waals surface area contributed by atoms with Gasteiger partial charge in [0, 0.05) is 5.56 Å². The van der Waals surface area contributed by atoms with Gasteiger partial charge in [-0.1, -0.05) is 60.7 Å². The van der Waals surface area contributed by atoms with Crippen molar-refractivity contribution in [3.63, 3.8) is 0 Å². The summed E-state index contributed by atoms with van der Waals surface area (Å²) in [6.07, 6.45) is -1.61. The van der Waals surface area contributed by atoms with Crippen LogP contribution in [0.15, 0.2) is 60.7 Å². The highest BCUT2D eigenvalue weighted by Crippen LogP contribution is 2.37. The van der Waals surface area contributed by atoms with E-state index in [0.717, 1.165) is 5.56 Å². The van der Waals surface area contributed by atoms with Crippen molar-refractivity contribution in [3.05, 3.63) is 71.8 Å². The maximum Gasteiger partial charge on any atom is 0.407 e. The molecule has 1 heterocycles. The number of benzene rings is 2. The number of alkyl carbamates (subject to hydrolysis) is 1. The zero-order chi connectivity index (χ0) is 17.0. The van der Waals surface area contributed by atoms with E-state index in [1.54, 1.807) is 30.3 Å². The molecule has 2 aromatic carbocycles. The van der Waals surface area contributed by atoms with Crippen molar-refractivity contribution < 1.29 is 23.0 Å². The van der Waals surface area contributed by atoms with Crippen LogP contribution in [0, 0.1) is 0 Å². The standard InChI is InChI=1S/C18H17F2NO3/c19-18(20,14-9-5-2-6-10-14)16(15-12-23-15)21-17(22)24-11-13-7-3-1-4-8-13/h1-10,15-16H,11-12H2,(H,21,22)/t15-,16-/m1/s1. The molecule has 4 nitrogen and oxygen atoms in total. The van der Waals surface area contributed by atoms with E-state index in [2.05, 4.69) is 5.32 Å². The Labute approximate surface area is 138 Å². The topological polar surface area (TPSA) is 50.9 Å². The van der Waals surface area contributed by atoms with Gasteiger partial charge in [0.1, 0.15) is 18.8 Å². The van der Waals surface area contributed by atoms with E-state index < -0.39 is 24.2 Å². The van der Waals surface area contributed by atoms with Crippen LogP contribution in [0.4, 0.5) is 13.6 Å². The van der Waals surface area contributed by atoms with E-state index in [4.69, 9.17) is 9.47 Å². The Morgan fingerprint density at radius 2 is 1.75 bits per heavy atom. The molecule has 126 valence electrons. The molecule has 0 spiro atoms. The molecule has 1 N–H and O–H groups in total. The fourth-order valence-corrected chi connectivity index (χ4v) is 2.40. The molecular formula is C18H17F2NO3. The molecule has 24 heavy (non-hydrogen) atoms. The van der Waals surface area contributed by atoms with Gasteiger partial charge in [0.05, 0.1) is 6.61 Å². The minimum atomic E-state index is -3.26. The first-order valence-corrected chi connectivity index (χ1v) is 7.59. The Hall–Kier alpha value is -2.47. The van der Waals surface area contributed by atoms with E-state index in [0.29, 0.717) is 0 Å². The second-order valence-corrected chi connectivity index (χ2v) is 5.54. The van der Waals surface area contributed by atoms with Gasteiger partial charge < -0.3 is 14.8 Å². The van der Waals surface area contributed by atoms with Crippen LogP contribution >= 0.6 is 0 Å². The lowest BCUT2D eigenvalue weighted by molar-refractivity contribution is -0.0509. The third-order valence-corrected chi connectivity index (χ3v) is 3.77. The number of hydrogen-bond acceptors (Lipinski definition) is 3. The van der Waals surface area contributed by atoms with E-state index in [1.807, 2.05) is 6.07 Å². The minimum absolute atomic E-state index is 0.0157. The van der Waals surface area contributed by atoms with Crippen molar-refractivity contribution in [2.24, 2.45) is 0 Å². The average molecular weight is 333 g/mol. The second-order valence-electron chi connectivity index (χ2n) is 5.54. The van der Waals surface area contributed by atoms with Crippen LogP contribution in [0.2, 0.25) is 0 Å². The molecule has 0 bridgehead atoms. The number of carbonyl (C=O) groups excluding carboxylic acids is 1. The van der Waals surface area contributed by atoms with Crippen LogP contribution in [-0.4, -0.2) is 24.8 Å². The zero-order valence-corrected chi connectivity index (χ0v) is 12.8. The smallest absolute Gasteiger partial charge is 0.407 e. The Morgan fingerprint density at radius 1 is 1.17 bits per heavy atom. The molecule has 2 atom stereocenters. The average Bonchev–Trinajstić information content (AvgIpc) is 3.44. The fraction of sp³-hybridized carbons (Fsp3) is 0.278. The molecule has 0 radical (unpaired) electrons. The summed E-state index contributed by atoms with van der Waals surface area (Å²) in [5.74, 6) is -3.26. The molecule has 1 aliphatic rings. The fourth-order valence-electron chi connectivity index (χ4n) is 2.40. The lowest BCUT2D eigenvalue weighted by atomic mass is 9.99. The molecule has 0 saturated carbocycles. The summed E-state index contributed by atoms with van der Waals surface area (Å²) in [6.45, 7) is 0.202. The molecule has 2 aromatic rings. The van der Waals surface area contributed by atoms with Gasteiger partial charge in [-0.05, 0) is 5.56 Å². The molecule has 0 aromatic heterocycles. The lowest BCUT2D eigenvalue weighted by Gasteiger charge is -2.26. The van der Waals surface area contributed by atoms with E-state index in [1.165, 1.54) is 24.3 Å². The number of halogens is 2. The normalized spacial score (nSPS) is 17.8. The van der Waals surface area contributed by atoms with Crippen molar-refractivity contribution in [1.82, 2.24) is 5.32 Å². The van der Waals surface area contributed by atoms with Crippen LogP contribution in [0.3, 0.4) is 0 Å². The summed E-state index contributed by atoms with van der Waals surface area (Å²) >= 11 is 0. The highest BCUT2D eigenvalue weighted by molar-refractivity contribution is 5.68. The number of carbonyl (C=O) groups is 1. The predicted molar refractivity (Wildman–Crippen MR) is 83.6 cm³/mol. The Bertz CT molecular complexity index is 675. The zero-order valence-electron chi connectivity index (χ0n) is 12.8. The van der Waals surface area contributed by atoms with Crippen molar-refractivity contribution in [1.29, 1.82) is 0 Å². The molecule has 0 unspecified atom stereocenters. The first-order chi connectivity index (χ1) is 11.6. The molecule has 6 heteroatoms. The Balaban J connectivity index is 1.65. The predicted octanol–water partition coefficient (Wildman–Crippen LogP) is 3.47. The van der Waals surface area contributed by atoms with Gasteiger partial charge in [-0.15, -0.1) is 0 Å². The summed E-state index contributed by atoms with van der Waals surface area (Å²) in [4.78, 5) is 11.9. The van der Waals surface area contributed by atoms with Crippen molar-refractivity contribution >= 4 is 6.09 Å². The number of epoxide rings is 1. The van der Waals surface area contributed by atoms with Crippen LogP contribution in [-0.2, 0) is 22.0 Å². The third kappa shape index (κ3) is 3.89.